The minimum Gasteiger partial charge on any atom is -0.387 e. The zero-order valence-corrected chi connectivity index (χ0v) is 15.4. The van der Waals surface area contributed by atoms with Gasteiger partial charge >= 0.3 is 0 Å². The molecule has 0 aliphatic carbocycles. The van der Waals surface area contributed by atoms with E-state index in [-0.39, 0.29) is 11.4 Å². The van der Waals surface area contributed by atoms with Crippen molar-refractivity contribution >= 4 is 10.0 Å². The molecule has 0 amide bonds. The van der Waals surface area contributed by atoms with E-state index in [0.29, 0.717) is 17.0 Å². The van der Waals surface area contributed by atoms with Crippen molar-refractivity contribution in [3.63, 3.8) is 0 Å². The summed E-state index contributed by atoms with van der Waals surface area (Å²) in [5.74, 6) is 0.416. The number of nitrogens with one attached hydrogen (secondary N) is 1. The predicted octanol–water partition coefficient (Wildman–Crippen LogP) is 3.44. The smallest absolute Gasteiger partial charge is 0.240 e. The van der Waals surface area contributed by atoms with Crippen LogP contribution in [-0.2, 0) is 10.0 Å². The number of benzene rings is 2. The lowest BCUT2D eigenvalue weighted by Gasteiger charge is -2.15. The highest BCUT2D eigenvalue weighted by atomic mass is 32.2. The van der Waals surface area contributed by atoms with E-state index in [2.05, 4.69) is 18.6 Å². The molecule has 0 radical (unpaired) electrons. The average molecular weight is 347 g/mol. The van der Waals surface area contributed by atoms with Gasteiger partial charge in [-0.1, -0.05) is 50.2 Å². The maximum Gasteiger partial charge on any atom is 0.240 e. The summed E-state index contributed by atoms with van der Waals surface area (Å²) in [6.07, 6.45) is -0.883. The molecule has 2 aromatic rings. The summed E-state index contributed by atoms with van der Waals surface area (Å²) in [7, 11) is -3.65. The molecule has 130 valence electrons. The number of hydrogen-bond donors (Lipinski definition) is 2. The lowest BCUT2D eigenvalue weighted by atomic mass is 10.00. The summed E-state index contributed by atoms with van der Waals surface area (Å²) in [6, 6.07) is 12.9. The Hall–Kier alpha value is -1.69. The van der Waals surface area contributed by atoms with E-state index in [1.54, 1.807) is 19.1 Å². The van der Waals surface area contributed by atoms with Crippen LogP contribution in [0.5, 0.6) is 0 Å². The zero-order chi connectivity index (χ0) is 17.9. The van der Waals surface area contributed by atoms with Crippen LogP contribution in [-0.4, -0.2) is 20.1 Å². The molecule has 1 unspecified atom stereocenters. The zero-order valence-electron chi connectivity index (χ0n) is 14.6. The second-order valence-corrected chi connectivity index (χ2v) is 8.19. The number of hydrogen-bond acceptors (Lipinski definition) is 3. The minimum atomic E-state index is -3.65. The first-order valence-corrected chi connectivity index (χ1v) is 9.54. The summed E-state index contributed by atoms with van der Waals surface area (Å²) in [5, 5.41) is 10.3. The molecule has 0 aliphatic heterocycles. The van der Waals surface area contributed by atoms with Crippen molar-refractivity contribution in [2.24, 2.45) is 0 Å². The lowest BCUT2D eigenvalue weighted by molar-refractivity contribution is 0.182. The molecule has 2 N–H and O–H groups in total. The third-order valence-electron chi connectivity index (χ3n) is 4.09. The van der Waals surface area contributed by atoms with E-state index >= 15 is 0 Å². The quantitative estimate of drug-likeness (QED) is 0.841. The van der Waals surface area contributed by atoms with Gasteiger partial charge in [-0.05, 0) is 48.1 Å². The average Bonchev–Trinajstić information content (AvgIpc) is 2.55. The van der Waals surface area contributed by atoms with Crippen LogP contribution in [0.1, 0.15) is 48.1 Å². The van der Waals surface area contributed by atoms with Crippen LogP contribution in [0.4, 0.5) is 0 Å². The van der Waals surface area contributed by atoms with Gasteiger partial charge in [-0.25, -0.2) is 13.1 Å². The Morgan fingerprint density at radius 1 is 1.00 bits per heavy atom. The molecular weight excluding hydrogens is 322 g/mol. The van der Waals surface area contributed by atoms with E-state index in [9.17, 15) is 13.5 Å². The minimum absolute atomic E-state index is 0.0588. The van der Waals surface area contributed by atoms with Crippen molar-refractivity contribution in [3.05, 3.63) is 64.7 Å². The summed E-state index contributed by atoms with van der Waals surface area (Å²) in [4.78, 5) is 0.254. The second kappa shape index (κ2) is 7.47. The Balaban J connectivity index is 2.10. The predicted molar refractivity (Wildman–Crippen MR) is 96.6 cm³/mol. The van der Waals surface area contributed by atoms with Crippen molar-refractivity contribution in [2.75, 3.05) is 6.54 Å². The Morgan fingerprint density at radius 2 is 1.58 bits per heavy atom. The molecule has 0 aromatic heterocycles. The number of aliphatic hydroxyl groups excluding tert-OH is 1. The molecule has 2 aromatic carbocycles. The van der Waals surface area contributed by atoms with Gasteiger partial charge in [0.15, 0.2) is 0 Å². The molecule has 4 nitrogen and oxygen atoms in total. The van der Waals surface area contributed by atoms with Crippen molar-refractivity contribution < 1.29 is 13.5 Å². The molecular formula is C19H25NO3S. The number of aryl methyl sites for hydroxylation is 2. The molecule has 5 heteroatoms. The largest absolute Gasteiger partial charge is 0.387 e. The maximum atomic E-state index is 12.5. The van der Waals surface area contributed by atoms with Crippen molar-refractivity contribution in [3.8, 4) is 0 Å². The van der Waals surface area contributed by atoms with Gasteiger partial charge < -0.3 is 5.11 Å². The molecule has 0 spiro atoms. The normalized spacial score (nSPS) is 13.2. The fourth-order valence-electron chi connectivity index (χ4n) is 2.48. The first-order chi connectivity index (χ1) is 11.2. The Labute approximate surface area is 144 Å². The molecule has 24 heavy (non-hydrogen) atoms. The Kier molecular flexibility index (Phi) is 5.80. The van der Waals surface area contributed by atoms with Crippen LogP contribution in [0.25, 0.3) is 0 Å². The van der Waals surface area contributed by atoms with Crippen molar-refractivity contribution in [1.82, 2.24) is 4.72 Å². The first-order valence-electron chi connectivity index (χ1n) is 8.05. The molecule has 0 aliphatic rings. The highest BCUT2D eigenvalue weighted by molar-refractivity contribution is 7.89. The molecule has 1 atom stereocenters. The van der Waals surface area contributed by atoms with Crippen molar-refractivity contribution in [1.29, 1.82) is 0 Å². The van der Waals surface area contributed by atoms with E-state index in [1.165, 1.54) is 5.56 Å². The van der Waals surface area contributed by atoms with E-state index in [4.69, 9.17) is 0 Å². The topological polar surface area (TPSA) is 66.4 Å². The Morgan fingerprint density at radius 3 is 2.17 bits per heavy atom. The second-order valence-electron chi connectivity index (χ2n) is 6.46. The summed E-state index contributed by atoms with van der Waals surface area (Å²) in [5.41, 5.74) is 3.44. The van der Waals surface area contributed by atoms with Gasteiger partial charge in [-0.15, -0.1) is 0 Å². The standard InChI is InChI=1S/C19H25NO3S/c1-13(2)16-7-9-17(10-8-16)18(21)12-20-24(22,23)19-11-14(3)5-6-15(19)4/h5-11,13,18,20-21H,12H2,1-4H3. The van der Waals surface area contributed by atoms with E-state index < -0.39 is 16.1 Å². The van der Waals surface area contributed by atoms with E-state index in [0.717, 1.165) is 5.56 Å². The van der Waals surface area contributed by atoms with Crippen LogP contribution >= 0.6 is 0 Å². The molecule has 0 fully saturated rings. The van der Waals surface area contributed by atoms with Gasteiger partial charge in [0.25, 0.3) is 0 Å². The summed E-state index contributed by atoms with van der Waals surface area (Å²) < 4.78 is 27.4. The summed E-state index contributed by atoms with van der Waals surface area (Å²) in [6.45, 7) is 7.75. The Bertz CT molecular complexity index is 796. The molecule has 0 bridgehead atoms. The monoisotopic (exact) mass is 347 g/mol. The van der Waals surface area contributed by atoms with Gasteiger partial charge in [0, 0.05) is 6.54 Å². The maximum absolute atomic E-state index is 12.5. The fraction of sp³-hybridized carbons (Fsp3) is 0.368. The highest BCUT2D eigenvalue weighted by Gasteiger charge is 2.19. The summed E-state index contributed by atoms with van der Waals surface area (Å²) >= 11 is 0. The molecule has 2 rings (SSSR count). The number of sulfonamides is 1. The SMILES string of the molecule is Cc1ccc(C)c(S(=O)(=O)NCC(O)c2ccc(C(C)C)cc2)c1. The van der Waals surface area contributed by atoms with Gasteiger partial charge in [-0.3, -0.25) is 0 Å². The van der Waals surface area contributed by atoms with E-state index in [1.807, 2.05) is 37.3 Å². The molecule has 0 saturated heterocycles. The van der Waals surface area contributed by atoms with Gasteiger partial charge in [0.1, 0.15) is 0 Å². The number of rotatable bonds is 6. The third-order valence-corrected chi connectivity index (χ3v) is 5.65. The first kappa shape index (κ1) is 18.6. The van der Waals surface area contributed by atoms with Crippen LogP contribution in [0.15, 0.2) is 47.4 Å². The van der Waals surface area contributed by atoms with Crippen LogP contribution in [0.3, 0.4) is 0 Å². The number of aliphatic hydroxyl groups is 1. The third kappa shape index (κ3) is 4.44. The van der Waals surface area contributed by atoms with Crippen LogP contribution in [0, 0.1) is 13.8 Å². The van der Waals surface area contributed by atoms with Gasteiger partial charge in [-0.2, -0.15) is 0 Å². The fourth-order valence-corrected chi connectivity index (χ4v) is 3.85. The van der Waals surface area contributed by atoms with Gasteiger partial charge in [0.2, 0.25) is 10.0 Å². The molecule has 0 heterocycles. The lowest BCUT2D eigenvalue weighted by Crippen LogP contribution is -2.29. The van der Waals surface area contributed by atoms with Gasteiger partial charge in [0.05, 0.1) is 11.0 Å². The van der Waals surface area contributed by atoms with Crippen LogP contribution in [0.2, 0.25) is 0 Å². The van der Waals surface area contributed by atoms with Crippen LogP contribution < -0.4 is 4.72 Å². The highest BCUT2D eigenvalue weighted by Crippen LogP contribution is 2.20. The van der Waals surface area contributed by atoms with Crippen molar-refractivity contribution in [2.45, 2.75) is 44.6 Å². The molecule has 0 saturated carbocycles.